The van der Waals surface area contributed by atoms with Gasteiger partial charge < -0.3 is 9.47 Å². The number of hydrazine groups is 1. The van der Waals surface area contributed by atoms with Gasteiger partial charge in [0, 0.05) is 0 Å². The zero-order valence-electron chi connectivity index (χ0n) is 19.0. The fourth-order valence-electron chi connectivity index (χ4n) is 2.61. The minimum atomic E-state index is -0.699. The van der Waals surface area contributed by atoms with E-state index < -0.39 is 23.4 Å². The van der Waals surface area contributed by atoms with Gasteiger partial charge in [-0.15, -0.1) is 0 Å². The van der Waals surface area contributed by atoms with Crippen LogP contribution in [0.2, 0.25) is 0 Å². The summed E-state index contributed by atoms with van der Waals surface area (Å²) in [7, 11) is 0. The average Bonchev–Trinajstić information content (AvgIpc) is 2.54. The molecule has 1 aromatic rings. The van der Waals surface area contributed by atoms with Crippen LogP contribution in [0.25, 0.3) is 0 Å². The van der Waals surface area contributed by atoms with E-state index in [-0.39, 0.29) is 6.04 Å². The molecule has 0 saturated heterocycles. The third-order valence-corrected chi connectivity index (χ3v) is 3.63. The Bertz CT molecular complexity index is 696. The Morgan fingerprint density at radius 1 is 1.00 bits per heavy atom. The first-order valence-electron chi connectivity index (χ1n) is 9.97. The minimum absolute atomic E-state index is 0.387. The molecule has 6 nitrogen and oxygen atoms in total. The summed E-state index contributed by atoms with van der Waals surface area (Å²) in [6, 6.07) is 9.62. The quantitative estimate of drug-likeness (QED) is 0.510. The van der Waals surface area contributed by atoms with Crippen LogP contribution in [0.1, 0.15) is 67.4 Å². The Hall–Kier alpha value is -2.50. The number of carbonyl (C=O) groups is 2. The SMILES string of the molecule is CC(C)=CC(CCc1ccccc1)N(NC(=O)OC(C)(C)C)C(=O)OC(C)(C)C. The van der Waals surface area contributed by atoms with Crippen LogP contribution >= 0.6 is 0 Å². The Morgan fingerprint density at radius 2 is 1.55 bits per heavy atom. The Morgan fingerprint density at radius 3 is 2.03 bits per heavy atom. The first-order valence-corrected chi connectivity index (χ1v) is 9.97. The highest BCUT2D eigenvalue weighted by molar-refractivity contribution is 5.75. The lowest BCUT2D eigenvalue weighted by Crippen LogP contribution is -2.54. The maximum absolute atomic E-state index is 12.9. The van der Waals surface area contributed by atoms with E-state index in [0.717, 1.165) is 17.6 Å². The average molecular weight is 405 g/mol. The number of rotatable bonds is 5. The first-order chi connectivity index (χ1) is 13.3. The van der Waals surface area contributed by atoms with Gasteiger partial charge in [-0.05, 0) is 73.8 Å². The maximum Gasteiger partial charge on any atom is 0.429 e. The number of allylic oxidation sites excluding steroid dienone is 1. The normalized spacial score (nSPS) is 12.6. The van der Waals surface area contributed by atoms with E-state index in [2.05, 4.69) is 5.43 Å². The molecule has 0 saturated carbocycles. The molecular formula is C23H36N2O4. The van der Waals surface area contributed by atoms with Gasteiger partial charge in [-0.2, -0.15) is 0 Å². The number of hydrogen-bond donors (Lipinski definition) is 1. The molecule has 0 spiro atoms. The number of nitrogens with one attached hydrogen (secondary N) is 1. The van der Waals surface area contributed by atoms with Gasteiger partial charge in [-0.1, -0.05) is 42.0 Å². The Balaban J connectivity index is 3.10. The van der Waals surface area contributed by atoms with Crippen LogP contribution in [0.3, 0.4) is 0 Å². The number of benzene rings is 1. The molecule has 1 rings (SSSR count). The third kappa shape index (κ3) is 10.6. The smallest absolute Gasteiger partial charge is 0.429 e. The fourth-order valence-corrected chi connectivity index (χ4v) is 2.61. The topological polar surface area (TPSA) is 67.9 Å². The summed E-state index contributed by atoms with van der Waals surface area (Å²) in [4.78, 5) is 25.3. The molecule has 0 aliphatic rings. The summed E-state index contributed by atoms with van der Waals surface area (Å²) in [5.41, 5.74) is 3.40. The minimum Gasteiger partial charge on any atom is -0.443 e. The van der Waals surface area contributed by atoms with Crippen molar-refractivity contribution < 1.29 is 19.1 Å². The second-order valence-corrected chi connectivity index (χ2v) is 9.30. The molecule has 0 bridgehead atoms. The molecular weight excluding hydrogens is 368 g/mol. The van der Waals surface area contributed by atoms with Crippen molar-refractivity contribution in [1.82, 2.24) is 10.4 Å². The van der Waals surface area contributed by atoms with Crippen LogP contribution in [0.15, 0.2) is 42.0 Å². The van der Waals surface area contributed by atoms with Crippen LogP contribution < -0.4 is 5.43 Å². The van der Waals surface area contributed by atoms with Crippen molar-refractivity contribution >= 4 is 12.2 Å². The van der Waals surface area contributed by atoms with Gasteiger partial charge in [0.1, 0.15) is 11.2 Å². The van der Waals surface area contributed by atoms with Crippen molar-refractivity contribution in [1.29, 1.82) is 0 Å². The highest BCUT2D eigenvalue weighted by Crippen LogP contribution is 2.17. The molecule has 1 aromatic carbocycles. The fraction of sp³-hybridized carbons (Fsp3) is 0.565. The number of aryl methyl sites for hydroxylation is 1. The predicted molar refractivity (Wildman–Crippen MR) is 115 cm³/mol. The molecule has 0 aliphatic carbocycles. The van der Waals surface area contributed by atoms with E-state index >= 15 is 0 Å². The van der Waals surface area contributed by atoms with Gasteiger partial charge in [0.25, 0.3) is 0 Å². The Labute approximate surface area is 175 Å². The zero-order valence-corrected chi connectivity index (χ0v) is 19.0. The van der Waals surface area contributed by atoms with Crippen molar-refractivity contribution in [2.24, 2.45) is 0 Å². The lowest BCUT2D eigenvalue weighted by molar-refractivity contribution is -0.00566. The van der Waals surface area contributed by atoms with Gasteiger partial charge in [-0.25, -0.2) is 20.0 Å². The summed E-state index contributed by atoms with van der Waals surface area (Å²) < 4.78 is 10.9. The molecule has 0 aromatic heterocycles. The summed E-state index contributed by atoms with van der Waals surface area (Å²) in [6.07, 6.45) is 1.98. The maximum atomic E-state index is 12.9. The van der Waals surface area contributed by atoms with Crippen LogP contribution in [-0.2, 0) is 15.9 Å². The molecule has 0 heterocycles. The molecule has 2 amide bonds. The lowest BCUT2D eigenvalue weighted by atomic mass is 10.0. The van der Waals surface area contributed by atoms with Gasteiger partial charge in [0.2, 0.25) is 0 Å². The molecule has 0 aliphatic heterocycles. The van der Waals surface area contributed by atoms with Gasteiger partial charge in [0.05, 0.1) is 6.04 Å². The lowest BCUT2D eigenvalue weighted by Gasteiger charge is -2.33. The summed E-state index contributed by atoms with van der Waals surface area (Å²) >= 11 is 0. The third-order valence-electron chi connectivity index (χ3n) is 3.63. The van der Waals surface area contributed by atoms with E-state index in [1.165, 1.54) is 5.01 Å². The monoisotopic (exact) mass is 404 g/mol. The number of carbonyl (C=O) groups excluding carboxylic acids is 2. The highest BCUT2D eigenvalue weighted by Gasteiger charge is 2.30. The van der Waals surface area contributed by atoms with Crippen LogP contribution in [0.4, 0.5) is 9.59 Å². The molecule has 1 N–H and O–H groups in total. The van der Waals surface area contributed by atoms with E-state index in [9.17, 15) is 9.59 Å². The van der Waals surface area contributed by atoms with Crippen molar-refractivity contribution in [3.05, 3.63) is 47.5 Å². The summed E-state index contributed by atoms with van der Waals surface area (Å²) in [6.45, 7) is 14.6. The van der Waals surface area contributed by atoms with E-state index in [0.29, 0.717) is 6.42 Å². The van der Waals surface area contributed by atoms with Crippen molar-refractivity contribution in [2.75, 3.05) is 0 Å². The number of ether oxygens (including phenoxy) is 2. The van der Waals surface area contributed by atoms with Gasteiger partial charge >= 0.3 is 12.2 Å². The van der Waals surface area contributed by atoms with Crippen molar-refractivity contribution in [2.45, 2.75) is 85.5 Å². The molecule has 6 heteroatoms. The zero-order chi connectivity index (χ0) is 22.2. The highest BCUT2D eigenvalue weighted by atomic mass is 16.6. The second kappa shape index (κ2) is 10.3. The molecule has 162 valence electrons. The predicted octanol–water partition coefficient (Wildman–Crippen LogP) is 5.63. The largest absolute Gasteiger partial charge is 0.443 e. The van der Waals surface area contributed by atoms with Gasteiger partial charge in [0.15, 0.2) is 0 Å². The van der Waals surface area contributed by atoms with E-state index in [1.807, 2.05) is 50.3 Å². The second-order valence-electron chi connectivity index (χ2n) is 9.30. The van der Waals surface area contributed by atoms with E-state index in [4.69, 9.17) is 9.47 Å². The molecule has 1 atom stereocenters. The Kier molecular flexibility index (Phi) is 8.74. The standard InChI is InChI=1S/C23H36N2O4/c1-17(2)16-19(15-14-18-12-10-9-11-13-18)25(21(27)29-23(6,7)8)24-20(26)28-22(3,4)5/h9-13,16,19H,14-15H2,1-8H3,(H,24,26). The number of amides is 2. The number of hydrogen-bond acceptors (Lipinski definition) is 4. The summed E-state index contributed by atoms with van der Waals surface area (Å²) in [5.74, 6) is 0. The molecule has 0 radical (unpaired) electrons. The summed E-state index contributed by atoms with van der Waals surface area (Å²) in [5, 5.41) is 1.23. The molecule has 1 unspecified atom stereocenters. The molecule has 0 fully saturated rings. The van der Waals surface area contributed by atoms with Crippen LogP contribution in [0, 0.1) is 0 Å². The van der Waals surface area contributed by atoms with E-state index in [1.54, 1.807) is 41.5 Å². The van der Waals surface area contributed by atoms with Crippen LogP contribution in [-0.4, -0.2) is 34.4 Å². The van der Waals surface area contributed by atoms with Gasteiger partial charge in [-0.3, -0.25) is 0 Å². The number of nitrogens with zero attached hydrogens (tertiary/aromatic N) is 1. The van der Waals surface area contributed by atoms with Crippen molar-refractivity contribution in [3.63, 3.8) is 0 Å². The molecule has 29 heavy (non-hydrogen) atoms. The van der Waals surface area contributed by atoms with Crippen LogP contribution in [0.5, 0.6) is 0 Å². The van der Waals surface area contributed by atoms with Crippen molar-refractivity contribution in [3.8, 4) is 0 Å². The first kappa shape index (κ1) is 24.5.